The summed E-state index contributed by atoms with van der Waals surface area (Å²) < 4.78 is 19.6. The summed E-state index contributed by atoms with van der Waals surface area (Å²) >= 11 is 0. The Hall–Kier alpha value is -0.700. The van der Waals surface area contributed by atoms with Gasteiger partial charge in [-0.15, -0.1) is 0 Å². The highest BCUT2D eigenvalue weighted by Gasteiger charge is 2.34. The van der Waals surface area contributed by atoms with Crippen LogP contribution in [0.15, 0.2) is 24.5 Å². The molecule has 0 N–H and O–H groups in total. The number of piperidine rings is 1. The Labute approximate surface area is 103 Å². The van der Waals surface area contributed by atoms with E-state index in [4.69, 9.17) is 4.52 Å². The number of nitrogens with zero attached hydrogens (tertiary/aromatic N) is 2. The Kier molecular flexibility index (Phi) is 3.97. The third-order valence-corrected chi connectivity index (χ3v) is 5.44. The molecule has 94 valence electrons. The first-order valence-corrected chi connectivity index (χ1v) is 7.98. The van der Waals surface area contributed by atoms with Gasteiger partial charge >= 0.3 is 0 Å². The Morgan fingerprint density at radius 1 is 1.53 bits per heavy atom. The first-order chi connectivity index (χ1) is 8.15. The van der Waals surface area contributed by atoms with E-state index >= 15 is 0 Å². The molecule has 0 amide bonds. The summed E-state index contributed by atoms with van der Waals surface area (Å²) in [7, 11) is -1.14. The fourth-order valence-corrected chi connectivity index (χ4v) is 3.84. The van der Waals surface area contributed by atoms with Gasteiger partial charge in [-0.3, -0.25) is 9.55 Å². The topological polar surface area (TPSA) is 42.4 Å². The normalized spacial score (nSPS) is 25.4. The summed E-state index contributed by atoms with van der Waals surface area (Å²) in [5, 5.41) is 0. The molecular formula is C12H19N2O2P. The van der Waals surface area contributed by atoms with E-state index in [0.29, 0.717) is 0 Å². The van der Waals surface area contributed by atoms with Crippen molar-refractivity contribution in [1.29, 1.82) is 0 Å². The smallest absolute Gasteiger partial charge is 0.269 e. The van der Waals surface area contributed by atoms with Crippen molar-refractivity contribution in [3.63, 3.8) is 0 Å². The zero-order chi connectivity index (χ0) is 12.3. The van der Waals surface area contributed by atoms with E-state index in [2.05, 4.69) is 4.98 Å². The van der Waals surface area contributed by atoms with Gasteiger partial charge in [0.15, 0.2) is 0 Å². The van der Waals surface area contributed by atoms with Crippen molar-refractivity contribution < 1.29 is 9.09 Å². The number of hydrogen-bond donors (Lipinski definition) is 0. The van der Waals surface area contributed by atoms with Crippen molar-refractivity contribution >= 4 is 7.52 Å². The van der Waals surface area contributed by atoms with Crippen molar-refractivity contribution in [2.45, 2.75) is 25.3 Å². The van der Waals surface area contributed by atoms with E-state index in [1.807, 2.05) is 23.0 Å². The summed E-state index contributed by atoms with van der Waals surface area (Å²) in [6.45, 7) is 2.53. The minimum Gasteiger partial charge on any atom is -0.321 e. The molecule has 1 aliphatic heterocycles. The molecule has 0 radical (unpaired) electrons. The van der Waals surface area contributed by atoms with Crippen molar-refractivity contribution in [2.75, 3.05) is 20.3 Å². The van der Waals surface area contributed by atoms with E-state index in [1.54, 1.807) is 12.9 Å². The summed E-state index contributed by atoms with van der Waals surface area (Å²) in [6, 6.07) is 4.15. The lowest BCUT2D eigenvalue weighted by Gasteiger charge is -2.38. The highest BCUT2D eigenvalue weighted by molar-refractivity contribution is 7.55. The van der Waals surface area contributed by atoms with Gasteiger partial charge in [-0.05, 0) is 24.5 Å². The summed E-state index contributed by atoms with van der Waals surface area (Å²) in [5.74, 6) is 0. The number of aromatic nitrogens is 1. The molecule has 0 saturated carbocycles. The average Bonchev–Trinajstić information content (AvgIpc) is 2.40. The molecule has 2 rings (SSSR count). The lowest BCUT2D eigenvalue weighted by Crippen LogP contribution is -2.31. The summed E-state index contributed by atoms with van der Waals surface area (Å²) in [5.41, 5.74) is 1.13. The first kappa shape index (κ1) is 12.7. The quantitative estimate of drug-likeness (QED) is 0.777. The lowest BCUT2D eigenvalue weighted by atomic mass is 9.99. The number of rotatable bonds is 3. The van der Waals surface area contributed by atoms with Crippen LogP contribution >= 0.6 is 7.52 Å². The predicted molar refractivity (Wildman–Crippen MR) is 68.1 cm³/mol. The van der Waals surface area contributed by atoms with Crippen molar-refractivity contribution in [2.24, 2.45) is 0 Å². The maximum absolute atomic E-state index is 12.4. The van der Waals surface area contributed by atoms with E-state index in [0.717, 1.165) is 24.9 Å². The molecule has 0 aromatic carbocycles. The van der Waals surface area contributed by atoms with Crippen LogP contribution in [-0.2, 0) is 9.09 Å². The molecule has 2 atom stereocenters. The summed E-state index contributed by atoms with van der Waals surface area (Å²) in [6.07, 6.45) is 6.89. The van der Waals surface area contributed by atoms with Gasteiger partial charge in [0.05, 0.1) is 0 Å². The highest BCUT2D eigenvalue weighted by atomic mass is 31.2. The number of hydrogen-bond acceptors (Lipinski definition) is 3. The molecule has 0 aliphatic carbocycles. The first-order valence-electron chi connectivity index (χ1n) is 5.95. The van der Waals surface area contributed by atoms with Crippen molar-refractivity contribution in [1.82, 2.24) is 9.65 Å². The van der Waals surface area contributed by atoms with Gasteiger partial charge in [0.2, 0.25) is 0 Å². The molecule has 0 bridgehead atoms. The maximum atomic E-state index is 12.4. The van der Waals surface area contributed by atoms with Crippen LogP contribution in [0.1, 0.15) is 30.9 Å². The van der Waals surface area contributed by atoms with Crippen LogP contribution < -0.4 is 0 Å². The van der Waals surface area contributed by atoms with Gasteiger partial charge in [-0.25, -0.2) is 4.67 Å². The van der Waals surface area contributed by atoms with Crippen LogP contribution in [0.4, 0.5) is 0 Å². The van der Waals surface area contributed by atoms with Gasteiger partial charge in [-0.1, -0.05) is 12.5 Å². The van der Waals surface area contributed by atoms with E-state index in [9.17, 15) is 4.57 Å². The van der Waals surface area contributed by atoms with E-state index in [1.165, 1.54) is 13.5 Å². The maximum Gasteiger partial charge on any atom is 0.269 e. The fourth-order valence-electron chi connectivity index (χ4n) is 2.37. The fraction of sp³-hybridized carbons (Fsp3) is 0.583. The Balaban J connectivity index is 2.27. The molecule has 1 aromatic heterocycles. The van der Waals surface area contributed by atoms with Crippen LogP contribution in [-0.4, -0.2) is 30.0 Å². The van der Waals surface area contributed by atoms with Crippen LogP contribution in [0.2, 0.25) is 0 Å². The van der Waals surface area contributed by atoms with Gasteiger partial charge in [0.25, 0.3) is 7.52 Å². The van der Waals surface area contributed by atoms with Crippen LogP contribution in [0.3, 0.4) is 0 Å². The zero-order valence-electron chi connectivity index (χ0n) is 10.4. The van der Waals surface area contributed by atoms with Crippen LogP contribution in [0.5, 0.6) is 0 Å². The summed E-state index contributed by atoms with van der Waals surface area (Å²) in [4.78, 5) is 4.15. The second kappa shape index (κ2) is 5.30. The lowest BCUT2D eigenvalue weighted by molar-refractivity contribution is 0.216. The minimum absolute atomic E-state index is 0.174. The van der Waals surface area contributed by atoms with Gasteiger partial charge in [0, 0.05) is 38.8 Å². The molecule has 4 nitrogen and oxygen atoms in total. The Morgan fingerprint density at radius 3 is 3.00 bits per heavy atom. The van der Waals surface area contributed by atoms with Gasteiger partial charge in [0.1, 0.15) is 0 Å². The second-order valence-corrected chi connectivity index (χ2v) is 6.93. The SMILES string of the molecule is COP(C)(=O)N1CCCCC1c1cccnc1. The highest BCUT2D eigenvalue weighted by Crippen LogP contribution is 2.53. The molecule has 5 heteroatoms. The Bertz CT molecular complexity index is 410. The molecule has 1 aromatic rings. The zero-order valence-corrected chi connectivity index (χ0v) is 11.3. The van der Waals surface area contributed by atoms with Gasteiger partial charge < -0.3 is 4.52 Å². The minimum atomic E-state index is -2.66. The van der Waals surface area contributed by atoms with E-state index < -0.39 is 7.52 Å². The standard InChI is InChI=1S/C12H19N2O2P/c1-16-17(2,15)14-9-4-3-7-12(14)11-6-5-8-13-10-11/h5-6,8,10,12H,3-4,7,9H2,1-2H3. The molecule has 2 heterocycles. The molecule has 1 saturated heterocycles. The number of pyridine rings is 1. The molecule has 1 fully saturated rings. The molecule has 2 unspecified atom stereocenters. The molecule has 17 heavy (non-hydrogen) atoms. The average molecular weight is 254 g/mol. The van der Waals surface area contributed by atoms with Crippen molar-refractivity contribution in [3.05, 3.63) is 30.1 Å². The largest absolute Gasteiger partial charge is 0.321 e. The third-order valence-electron chi connectivity index (χ3n) is 3.35. The second-order valence-electron chi connectivity index (χ2n) is 4.45. The van der Waals surface area contributed by atoms with Crippen molar-refractivity contribution in [3.8, 4) is 0 Å². The molecular weight excluding hydrogens is 235 g/mol. The van der Waals surface area contributed by atoms with E-state index in [-0.39, 0.29) is 6.04 Å². The molecule has 1 aliphatic rings. The monoisotopic (exact) mass is 254 g/mol. The predicted octanol–water partition coefficient (Wildman–Crippen LogP) is 3.08. The third kappa shape index (κ3) is 2.76. The molecule has 0 spiro atoms. The van der Waals surface area contributed by atoms with Crippen LogP contribution in [0.25, 0.3) is 0 Å². The van der Waals surface area contributed by atoms with Gasteiger partial charge in [-0.2, -0.15) is 0 Å². The van der Waals surface area contributed by atoms with Crippen LogP contribution in [0, 0.1) is 0 Å². The Morgan fingerprint density at radius 2 is 2.35 bits per heavy atom.